The Bertz CT molecular complexity index is 653. The zero-order valence-corrected chi connectivity index (χ0v) is 15.2. The third-order valence-electron chi connectivity index (χ3n) is 5.11. The lowest BCUT2D eigenvalue weighted by atomic mass is 9.72. The molecule has 0 bridgehead atoms. The second-order valence-electron chi connectivity index (χ2n) is 7.54. The van der Waals surface area contributed by atoms with Crippen LogP contribution in [-0.4, -0.2) is 17.9 Å². The van der Waals surface area contributed by atoms with Crippen molar-refractivity contribution in [3.63, 3.8) is 0 Å². The molecule has 1 unspecified atom stereocenters. The van der Waals surface area contributed by atoms with Crippen molar-refractivity contribution in [1.82, 2.24) is 0 Å². The van der Waals surface area contributed by atoms with Gasteiger partial charge in [0.05, 0.1) is 5.92 Å². The molecule has 4 heteroatoms. The largest absolute Gasteiger partial charge is 0.396 e. The van der Waals surface area contributed by atoms with Gasteiger partial charge in [-0.25, -0.2) is 0 Å². The van der Waals surface area contributed by atoms with Crippen LogP contribution < -0.4 is 0 Å². The fraction of sp³-hybridized carbons (Fsp3) is 0.524. The molecule has 1 aromatic rings. The molecule has 1 N–H and O–H groups in total. The van der Waals surface area contributed by atoms with Crippen LogP contribution in [0.4, 0.5) is 13.2 Å². The van der Waals surface area contributed by atoms with Crippen LogP contribution in [0.5, 0.6) is 0 Å². The molecule has 0 heterocycles. The van der Waals surface area contributed by atoms with Crippen molar-refractivity contribution in [3.8, 4) is 0 Å². The quantitative estimate of drug-likeness (QED) is 0.663. The molecule has 1 aliphatic carbocycles. The highest BCUT2D eigenvalue weighted by molar-refractivity contribution is 5.56. The molecule has 25 heavy (non-hydrogen) atoms. The minimum absolute atomic E-state index is 0.0990. The van der Waals surface area contributed by atoms with E-state index in [1.807, 2.05) is 12.1 Å². The molecule has 1 atom stereocenters. The molecule has 1 aromatic carbocycles. The van der Waals surface area contributed by atoms with E-state index in [0.717, 1.165) is 18.4 Å². The van der Waals surface area contributed by atoms with E-state index in [4.69, 9.17) is 5.11 Å². The lowest BCUT2D eigenvalue weighted by molar-refractivity contribution is -0.153. The fourth-order valence-corrected chi connectivity index (χ4v) is 3.72. The lowest BCUT2D eigenvalue weighted by Gasteiger charge is -2.32. The predicted octanol–water partition coefficient (Wildman–Crippen LogP) is 6.25. The van der Waals surface area contributed by atoms with E-state index in [2.05, 4.69) is 26.8 Å². The average Bonchev–Trinajstić information content (AvgIpc) is 2.50. The van der Waals surface area contributed by atoms with Crippen LogP contribution in [0.1, 0.15) is 63.5 Å². The van der Waals surface area contributed by atoms with Crippen molar-refractivity contribution in [2.45, 2.75) is 58.5 Å². The van der Waals surface area contributed by atoms with Crippen LogP contribution >= 0.6 is 0 Å². The first-order valence-electron chi connectivity index (χ1n) is 8.81. The summed E-state index contributed by atoms with van der Waals surface area (Å²) < 4.78 is 39.7. The summed E-state index contributed by atoms with van der Waals surface area (Å²) in [5.74, 6) is -1.63. The van der Waals surface area contributed by atoms with Crippen LogP contribution in [0.25, 0.3) is 6.08 Å². The van der Waals surface area contributed by atoms with E-state index in [0.29, 0.717) is 0 Å². The van der Waals surface area contributed by atoms with Crippen molar-refractivity contribution >= 4 is 6.08 Å². The van der Waals surface area contributed by atoms with Gasteiger partial charge in [-0.1, -0.05) is 55.8 Å². The Morgan fingerprint density at radius 3 is 2.56 bits per heavy atom. The van der Waals surface area contributed by atoms with Gasteiger partial charge in [0.25, 0.3) is 0 Å². The zero-order chi connectivity index (χ0) is 18.7. The number of aliphatic hydroxyl groups is 1. The van der Waals surface area contributed by atoms with E-state index in [1.54, 1.807) is 12.1 Å². The Kier molecular flexibility index (Phi) is 6.15. The van der Waals surface area contributed by atoms with E-state index in [9.17, 15) is 13.2 Å². The van der Waals surface area contributed by atoms with Gasteiger partial charge in [-0.15, -0.1) is 0 Å². The maximum atomic E-state index is 13.2. The molecule has 1 nitrogen and oxygen atoms in total. The number of allylic oxidation sites excluding steroid dienone is 3. The number of alkyl halides is 3. The summed E-state index contributed by atoms with van der Waals surface area (Å²) in [4.78, 5) is 0. The van der Waals surface area contributed by atoms with E-state index < -0.39 is 18.7 Å². The second kappa shape index (κ2) is 7.77. The number of halogens is 3. The Morgan fingerprint density at radius 2 is 1.96 bits per heavy atom. The first kappa shape index (κ1) is 19.8. The third kappa shape index (κ3) is 4.97. The first-order valence-corrected chi connectivity index (χ1v) is 8.81. The van der Waals surface area contributed by atoms with Crippen LogP contribution in [-0.2, 0) is 0 Å². The summed E-state index contributed by atoms with van der Waals surface area (Å²) in [5, 5.41) is 8.97. The van der Waals surface area contributed by atoms with Crippen molar-refractivity contribution in [2.75, 3.05) is 6.61 Å². The van der Waals surface area contributed by atoms with E-state index in [1.165, 1.54) is 23.6 Å². The highest BCUT2D eigenvalue weighted by Crippen LogP contribution is 2.41. The number of hydrogen-bond acceptors (Lipinski definition) is 1. The Hall–Kier alpha value is -1.55. The molecule has 0 aromatic heterocycles. The monoisotopic (exact) mass is 352 g/mol. The first-order chi connectivity index (χ1) is 11.6. The van der Waals surface area contributed by atoms with Gasteiger partial charge in [0, 0.05) is 6.61 Å². The summed E-state index contributed by atoms with van der Waals surface area (Å²) in [6.07, 6.45) is 2.68. The van der Waals surface area contributed by atoms with Gasteiger partial charge in [0.1, 0.15) is 0 Å². The molecule has 0 spiro atoms. The molecule has 0 aliphatic heterocycles. The van der Waals surface area contributed by atoms with Crippen LogP contribution in [0.2, 0.25) is 0 Å². The zero-order valence-electron chi connectivity index (χ0n) is 15.2. The molecule has 0 fully saturated rings. The molecule has 0 saturated heterocycles. The summed E-state index contributed by atoms with van der Waals surface area (Å²) in [7, 11) is 0. The molecule has 2 rings (SSSR count). The Balaban J connectivity index is 2.30. The third-order valence-corrected chi connectivity index (χ3v) is 5.11. The van der Waals surface area contributed by atoms with Gasteiger partial charge in [-0.05, 0) is 54.7 Å². The van der Waals surface area contributed by atoms with Gasteiger partial charge < -0.3 is 5.11 Å². The Labute approximate surface area is 148 Å². The van der Waals surface area contributed by atoms with Gasteiger partial charge in [0.15, 0.2) is 0 Å². The van der Waals surface area contributed by atoms with E-state index >= 15 is 0 Å². The van der Waals surface area contributed by atoms with Gasteiger partial charge in [-0.2, -0.15) is 13.2 Å². The SMILES string of the molecule is CC1=C(C=Cc2cccc(C(CCO)C(F)(F)F)c2)C(C)(C)CCC1. The fourth-order valence-electron chi connectivity index (χ4n) is 3.72. The van der Waals surface area contributed by atoms with Gasteiger partial charge in [0.2, 0.25) is 0 Å². The Morgan fingerprint density at radius 1 is 1.24 bits per heavy atom. The number of rotatable bonds is 5. The van der Waals surface area contributed by atoms with Crippen LogP contribution in [0, 0.1) is 5.41 Å². The van der Waals surface area contributed by atoms with Gasteiger partial charge >= 0.3 is 6.18 Å². The second-order valence-corrected chi connectivity index (χ2v) is 7.54. The summed E-state index contributed by atoms with van der Waals surface area (Å²) in [5.41, 5.74) is 3.70. The van der Waals surface area contributed by atoms with Crippen LogP contribution in [0.15, 0.2) is 41.5 Å². The number of benzene rings is 1. The topological polar surface area (TPSA) is 20.2 Å². The smallest absolute Gasteiger partial charge is 0.395 e. The minimum atomic E-state index is -4.35. The maximum absolute atomic E-state index is 13.2. The molecule has 0 amide bonds. The van der Waals surface area contributed by atoms with Crippen molar-refractivity contribution < 1.29 is 18.3 Å². The van der Waals surface area contributed by atoms with Crippen molar-refractivity contribution in [2.24, 2.45) is 5.41 Å². The van der Waals surface area contributed by atoms with Crippen LogP contribution in [0.3, 0.4) is 0 Å². The van der Waals surface area contributed by atoms with Crippen molar-refractivity contribution in [1.29, 1.82) is 0 Å². The minimum Gasteiger partial charge on any atom is -0.396 e. The molecular weight excluding hydrogens is 325 g/mol. The molecular formula is C21H27F3O. The molecule has 0 saturated carbocycles. The summed E-state index contributed by atoms with van der Waals surface area (Å²) >= 11 is 0. The summed E-state index contributed by atoms with van der Waals surface area (Å²) in [6.45, 7) is 6.09. The normalized spacial score (nSPS) is 19.5. The molecule has 138 valence electrons. The molecule has 1 aliphatic rings. The molecule has 0 radical (unpaired) electrons. The van der Waals surface area contributed by atoms with Gasteiger partial charge in [-0.3, -0.25) is 0 Å². The maximum Gasteiger partial charge on any atom is 0.395 e. The average molecular weight is 352 g/mol. The highest BCUT2D eigenvalue weighted by atomic mass is 19.4. The summed E-state index contributed by atoms with van der Waals surface area (Å²) in [6, 6.07) is 6.53. The predicted molar refractivity (Wildman–Crippen MR) is 96.3 cm³/mol. The van der Waals surface area contributed by atoms with E-state index in [-0.39, 0.29) is 17.4 Å². The number of aliphatic hydroxyl groups excluding tert-OH is 1. The standard InChI is InChI=1S/C21H27F3O/c1-15-6-5-12-20(2,3)18(15)10-9-16-7-4-8-17(14-16)19(11-13-25)21(22,23)24/h4,7-10,14,19,25H,5-6,11-13H2,1-3H3. The lowest BCUT2D eigenvalue weighted by Crippen LogP contribution is -2.22. The van der Waals surface area contributed by atoms with Crippen molar-refractivity contribution in [3.05, 3.63) is 52.6 Å². The highest BCUT2D eigenvalue weighted by Gasteiger charge is 2.40. The number of hydrogen-bond donors (Lipinski definition) is 1.